The van der Waals surface area contributed by atoms with E-state index in [-0.39, 0.29) is 12.2 Å². The molecule has 1 amide bonds. The zero-order valence-corrected chi connectivity index (χ0v) is 10.7. The first-order valence-electron chi connectivity index (χ1n) is 5.80. The van der Waals surface area contributed by atoms with Gasteiger partial charge >= 0.3 is 0 Å². The summed E-state index contributed by atoms with van der Waals surface area (Å²) in [6, 6.07) is 5.75. The van der Waals surface area contributed by atoms with Gasteiger partial charge in [-0.2, -0.15) is 0 Å². The van der Waals surface area contributed by atoms with Gasteiger partial charge in [-0.3, -0.25) is 4.79 Å². The molecule has 1 aliphatic heterocycles. The number of rotatable bonds is 3. The predicted octanol–water partition coefficient (Wildman–Crippen LogP) is 0.270. The Hall–Kier alpha value is -1.14. The number of ether oxygens (including phenoxy) is 1. The van der Waals surface area contributed by atoms with E-state index in [1.165, 1.54) is 0 Å². The summed E-state index contributed by atoms with van der Waals surface area (Å²) in [4.78, 5) is 12.0. The molecule has 1 saturated heterocycles. The van der Waals surface area contributed by atoms with Gasteiger partial charge in [0.25, 0.3) is 5.91 Å². The van der Waals surface area contributed by atoms with E-state index in [2.05, 4.69) is 5.32 Å². The predicted molar refractivity (Wildman–Crippen MR) is 68.8 cm³/mol. The van der Waals surface area contributed by atoms with E-state index in [1.807, 2.05) is 0 Å². The summed E-state index contributed by atoms with van der Waals surface area (Å²) in [5.41, 5.74) is 0.288. The number of nitrogens with one attached hydrogen (secondary N) is 1. The minimum atomic E-state index is -1.06. The van der Waals surface area contributed by atoms with Crippen molar-refractivity contribution in [3.63, 3.8) is 0 Å². The smallest absolute Gasteiger partial charge is 0.253 e. The number of aliphatic hydroxyl groups is 2. The number of hydrogen-bond donors (Lipinski definition) is 3. The van der Waals surface area contributed by atoms with Gasteiger partial charge in [-0.1, -0.05) is 23.7 Å². The Bertz CT molecular complexity index is 468. The fourth-order valence-corrected chi connectivity index (χ4v) is 2.21. The average molecular weight is 284 g/mol. The maximum absolute atomic E-state index is 12.0. The number of hydrogen-bond acceptors (Lipinski definition) is 4. The molecule has 5 nitrogen and oxygen atoms in total. The molecule has 6 heteroatoms. The van der Waals surface area contributed by atoms with Crippen LogP contribution in [0.3, 0.4) is 0 Å². The van der Waals surface area contributed by atoms with E-state index in [0.717, 1.165) is 0 Å². The first-order valence-corrected chi connectivity index (χ1v) is 6.17. The molecule has 3 N–H and O–H groups in total. The minimum Gasteiger partial charge on any atom is -0.394 e. The highest BCUT2D eigenvalue weighted by molar-refractivity contribution is 6.33. The maximum Gasteiger partial charge on any atom is 0.253 e. The summed E-state index contributed by atoms with van der Waals surface area (Å²) in [6.07, 6.45) is -2.74. The van der Waals surface area contributed by atoms with Crippen LogP contribution in [0.2, 0.25) is 5.02 Å². The first kappa shape index (κ1) is 14.3. The maximum atomic E-state index is 12.0. The Labute approximate surface area is 116 Å². The van der Waals surface area contributed by atoms with Crippen molar-refractivity contribution in [3.8, 4) is 0 Å². The van der Waals surface area contributed by atoms with Crippen LogP contribution in [0.15, 0.2) is 24.3 Å². The van der Waals surface area contributed by atoms with Crippen LogP contribution in [0.4, 0.5) is 0 Å². The molecule has 0 aliphatic carbocycles. The van der Waals surface area contributed by atoms with E-state index in [0.29, 0.717) is 5.02 Å². The third-order valence-corrected chi connectivity index (χ3v) is 3.36. The average Bonchev–Trinajstić information content (AvgIpc) is 2.66. The molecule has 102 valence electrons. The van der Waals surface area contributed by atoms with Gasteiger partial charge in [0, 0.05) is 0 Å². The highest BCUT2D eigenvalue weighted by Gasteiger charge is 2.42. The van der Waals surface area contributed by atoms with Crippen molar-refractivity contribution in [2.24, 2.45) is 0 Å². The molecule has 2 rings (SSSR count). The summed E-state index contributed by atoms with van der Waals surface area (Å²) in [7, 11) is 0. The molecule has 0 aromatic heterocycles. The SMILES string of the molecule is [CH][C@@H]1O[C@H](CO)[C@H](O)C1NC(=O)c1ccccc1Cl. The van der Waals surface area contributed by atoms with Crippen molar-refractivity contribution in [2.45, 2.75) is 24.4 Å². The van der Waals surface area contributed by atoms with Gasteiger partial charge in [0.15, 0.2) is 0 Å². The quantitative estimate of drug-likeness (QED) is 0.744. The highest BCUT2D eigenvalue weighted by atomic mass is 35.5. The van der Waals surface area contributed by atoms with Gasteiger partial charge in [-0.05, 0) is 19.1 Å². The molecule has 1 aliphatic rings. The Morgan fingerprint density at radius 1 is 1.47 bits per heavy atom. The summed E-state index contributed by atoms with van der Waals surface area (Å²) in [6.45, 7) is 5.29. The largest absolute Gasteiger partial charge is 0.394 e. The number of amides is 1. The first-order chi connectivity index (χ1) is 9.04. The summed E-state index contributed by atoms with van der Waals surface area (Å²) in [5.74, 6) is -0.452. The lowest BCUT2D eigenvalue weighted by molar-refractivity contribution is -0.0114. The van der Waals surface area contributed by atoms with E-state index >= 15 is 0 Å². The zero-order valence-electron chi connectivity index (χ0n) is 9.99. The fourth-order valence-electron chi connectivity index (χ4n) is 1.99. The topological polar surface area (TPSA) is 78.8 Å². The molecule has 1 unspecified atom stereocenters. The number of carbonyl (C=O) groups excluding carboxylic acids is 1. The number of aliphatic hydroxyl groups excluding tert-OH is 2. The Balaban J connectivity index is 2.09. The second kappa shape index (κ2) is 5.88. The highest BCUT2D eigenvalue weighted by Crippen LogP contribution is 2.22. The van der Waals surface area contributed by atoms with Crippen molar-refractivity contribution >= 4 is 17.5 Å². The van der Waals surface area contributed by atoms with Gasteiger partial charge < -0.3 is 20.3 Å². The minimum absolute atomic E-state index is 0.288. The summed E-state index contributed by atoms with van der Waals surface area (Å²) in [5, 5.41) is 21.7. The Morgan fingerprint density at radius 2 is 2.16 bits per heavy atom. The summed E-state index contributed by atoms with van der Waals surface area (Å²) < 4.78 is 5.13. The van der Waals surface area contributed by atoms with Crippen molar-refractivity contribution in [1.29, 1.82) is 0 Å². The number of carbonyl (C=O) groups is 1. The Kier molecular flexibility index (Phi) is 4.42. The van der Waals surface area contributed by atoms with Crippen LogP contribution >= 0.6 is 11.6 Å². The summed E-state index contributed by atoms with van der Waals surface area (Å²) >= 11 is 5.91. The number of halogens is 1. The van der Waals surface area contributed by atoms with Crippen LogP contribution in [-0.2, 0) is 4.74 Å². The van der Waals surface area contributed by atoms with E-state index in [1.54, 1.807) is 24.3 Å². The Morgan fingerprint density at radius 3 is 2.74 bits per heavy atom. The van der Waals surface area contributed by atoms with Crippen LogP contribution in [0.25, 0.3) is 0 Å². The standard InChI is InChI=1S/C13H14ClNO4/c1-7-11(12(17)10(6-16)19-7)15-13(18)8-4-2-3-5-9(8)14/h1-5,7,10-12,16-17H,6H2,(H,15,18)/t7-,10+,11?,12-/m0/s1. The van der Waals surface area contributed by atoms with E-state index < -0.39 is 30.3 Å². The van der Waals surface area contributed by atoms with Gasteiger partial charge in [-0.25, -0.2) is 0 Å². The lowest BCUT2D eigenvalue weighted by Crippen LogP contribution is -2.47. The molecule has 0 bridgehead atoms. The van der Waals surface area contributed by atoms with E-state index in [9.17, 15) is 9.90 Å². The monoisotopic (exact) mass is 283 g/mol. The fraction of sp³-hybridized carbons (Fsp3) is 0.385. The molecule has 0 saturated carbocycles. The van der Waals surface area contributed by atoms with Crippen LogP contribution in [-0.4, -0.2) is 47.1 Å². The van der Waals surface area contributed by atoms with Crippen molar-refractivity contribution < 1.29 is 19.7 Å². The molecule has 2 radical (unpaired) electrons. The molecule has 0 spiro atoms. The number of benzene rings is 1. The molecule has 1 aromatic rings. The molecular formula is C13H14ClNO4. The second-order valence-electron chi connectivity index (χ2n) is 4.29. The normalized spacial score (nSPS) is 30.3. The van der Waals surface area contributed by atoms with Gasteiger partial charge in [-0.15, -0.1) is 0 Å². The third-order valence-electron chi connectivity index (χ3n) is 3.03. The second-order valence-corrected chi connectivity index (χ2v) is 4.70. The zero-order chi connectivity index (χ0) is 14.0. The van der Waals surface area contributed by atoms with Crippen LogP contribution in [0, 0.1) is 6.92 Å². The lowest BCUT2D eigenvalue weighted by Gasteiger charge is -2.19. The van der Waals surface area contributed by atoms with Gasteiger partial charge in [0.05, 0.1) is 29.3 Å². The van der Waals surface area contributed by atoms with Crippen LogP contribution in [0.1, 0.15) is 10.4 Å². The third kappa shape index (κ3) is 2.90. The van der Waals surface area contributed by atoms with Crippen LogP contribution in [0.5, 0.6) is 0 Å². The molecule has 4 atom stereocenters. The van der Waals surface area contributed by atoms with E-state index in [4.69, 9.17) is 28.4 Å². The van der Waals surface area contributed by atoms with Crippen LogP contribution < -0.4 is 5.32 Å². The molecule has 1 aromatic carbocycles. The molecular weight excluding hydrogens is 270 g/mol. The van der Waals surface area contributed by atoms with Crippen molar-refractivity contribution in [2.75, 3.05) is 6.61 Å². The molecule has 1 heterocycles. The molecule has 1 fully saturated rings. The molecule has 19 heavy (non-hydrogen) atoms. The lowest BCUT2D eigenvalue weighted by atomic mass is 10.0. The van der Waals surface area contributed by atoms with Gasteiger partial charge in [0.1, 0.15) is 12.2 Å². The van der Waals surface area contributed by atoms with Gasteiger partial charge in [0.2, 0.25) is 0 Å². The van der Waals surface area contributed by atoms with Crippen molar-refractivity contribution in [3.05, 3.63) is 41.8 Å². The van der Waals surface area contributed by atoms with Crippen molar-refractivity contribution in [1.82, 2.24) is 5.32 Å².